The van der Waals surface area contributed by atoms with Gasteiger partial charge < -0.3 is 10.2 Å². The van der Waals surface area contributed by atoms with E-state index in [9.17, 15) is 0 Å². The summed E-state index contributed by atoms with van der Waals surface area (Å²) < 4.78 is 0. The maximum Gasteiger partial charge on any atom is 0.147 e. The van der Waals surface area contributed by atoms with E-state index in [0.717, 1.165) is 24.6 Å². The van der Waals surface area contributed by atoms with E-state index < -0.39 is 0 Å². The van der Waals surface area contributed by atoms with Crippen molar-refractivity contribution in [2.24, 2.45) is 0 Å². The molecule has 1 aromatic rings. The monoisotopic (exact) mass is 260 g/mol. The molecule has 4 heteroatoms. The molecule has 19 heavy (non-hydrogen) atoms. The van der Waals surface area contributed by atoms with Gasteiger partial charge in [0.15, 0.2) is 0 Å². The number of anilines is 1. The van der Waals surface area contributed by atoms with Gasteiger partial charge >= 0.3 is 0 Å². The first-order chi connectivity index (χ1) is 8.99. The summed E-state index contributed by atoms with van der Waals surface area (Å²) in [6.45, 7) is 11.9. The van der Waals surface area contributed by atoms with Crippen LogP contribution in [0.4, 0.5) is 5.82 Å². The Labute approximate surface area is 115 Å². The van der Waals surface area contributed by atoms with E-state index in [-0.39, 0.29) is 5.54 Å². The van der Waals surface area contributed by atoms with Crippen LogP contribution in [-0.2, 0) is 6.54 Å². The lowest BCUT2D eigenvalue weighted by Crippen LogP contribution is -2.35. The lowest BCUT2D eigenvalue weighted by atomic mass is 10.1. The third kappa shape index (κ3) is 4.31. The minimum absolute atomic E-state index is 0.0922. The van der Waals surface area contributed by atoms with Gasteiger partial charge in [-0.15, -0.1) is 6.58 Å². The summed E-state index contributed by atoms with van der Waals surface area (Å²) in [5, 5.41) is 3.44. The molecule has 0 aromatic carbocycles. The van der Waals surface area contributed by atoms with Crippen LogP contribution in [0.5, 0.6) is 0 Å². The predicted octanol–water partition coefficient (Wildman–Crippen LogP) is 2.52. The van der Waals surface area contributed by atoms with Crippen LogP contribution in [0.2, 0.25) is 0 Å². The molecule has 0 bridgehead atoms. The minimum Gasteiger partial charge on any atom is -0.349 e. The summed E-state index contributed by atoms with van der Waals surface area (Å²) in [5.74, 6) is 0.968. The average Bonchev–Trinajstić information content (AvgIpc) is 3.17. The number of aromatic nitrogens is 2. The molecule has 1 aliphatic rings. The van der Waals surface area contributed by atoms with Gasteiger partial charge in [0.2, 0.25) is 0 Å². The Hall–Kier alpha value is -1.42. The summed E-state index contributed by atoms with van der Waals surface area (Å²) in [4.78, 5) is 11.3. The summed E-state index contributed by atoms with van der Waals surface area (Å²) >= 11 is 0. The fraction of sp³-hybridized carbons (Fsp3) is 0.600. The highest BCUT2D eigenvalue weighted by molar-refractivity contribution is 5.40. The van der Waals surface area contributed by atoms with Crippen LogP contribution in [0.25, 0.3) is 0 Å². The Morgan fingerprint density at radius 2 is 2.16 bits per heavy atom. The Kier molecular flexibility index (Phi) is 4.20. The molecule has 0 unspecified atom stereocenters. The Morgan fingerprint density at radius 1 is 1.42 bits per heavy atom. The smallest absolute Gasteiger partial charge is 0.147 e. The molecule has 1 saturated carbocycles. The molecule has 1 heterocycles. The average molecular weight is 260 g/mol. The standard InChI is InChI=1S/C15H24N4/c1-5-8-19(13-6-7-13)14-11-16-9-12(18-14)10-17-15(2,3)4/h5,9,11,13,17H,1,6-8,10H2,2-4H3. The van der Waals surface area contributed by atoms with Crippen molar-refractivity contribution in [3.63, 3.8) is 0 Å². The second-order valence-corrected chi connectivity index (χ2v) is 6.14. The van der Waals surface area contributed by atoms with Crippen molar-refractivity contribution in [3.8, 4) is 0 Å². The van der Waals surface area contributed by atoms with Gasteiger partial charge in [-0.25, -0.2) is 4.98 Å². The zero-order valence-corrected chi connectivity index (χ0v) is 12.2. The molecule has 1 aliphatic carbocycles. The van der Waals surface area contributed by atoms with Gasteiger partial charge in [0, 0.05) is 30.9 Å². The summed E-state index contributed by atoms with van der Waals surface area (Å²) in [6.07, 6.45) is 8.11. The molecule has 1 fully saturated rings. The molecule has 0 spiro atoms. The summed E-state index contributed by atoms with van der Waals surface area (Å²) in [5.41, 5.74) is 1.08. The number of nitrogens with one attached hydrogen (secondary N) is 1. The number of hydrogen-bond donors (Lipinski definition) is 1. The molecule has 0 saturated heterocycles. The lowest BCUT2D eigenvalue weighted by molar-refractivity contribution is 0.421. The lowest BCUT2D eigenvalue weighted by Gasteiger charge is -2.23. The number of hydrogen-bond acceptors (Lipinski definition) is 4. The maximum absolute atomic E-state index is 4.71. The summed E-state index contributed by atoms with van der Waals surface area (Å²) in [6, 6.07) is 0.623. The molecule has 1 aromatic heterocycles. The second kappa shape index (κ2) is 5.70. The van der Waals surface area contributed by atoms with Crippen molar-refractivity contribution in [2.45, 2.75) is 51.7 Å². The van der Waals surface area contributed by atoms with E-state index in [1.165, 1.54) is 12.8 Å². The van der Waals surface area contributed by atoms with E-state index in [4.69, 9.17) is 4.98 Å². The third-order valence-corrected chi connectivity index (χ3v) is 3.08. The van der Waals surface area contributed by atoms with Crippen LogP contribution >= 0.6 is 0 Å². The van der Waals surface area contributed by atoms with Crippen molar-refractivity contribution in [3.05, 3.63) is 30.7 Å². The first kappa shape index (κ1) is 14.0. The second-order valence-electron chi connectivity index (χ2n) is 6.14. The van der Waals surface area contributed by atoms with Crippen molar-refractivity contribution < 1.29 is 0 Å². The summed E-state index contributed by atoms with van der Waals surface area (Å²) in [7, 11) is 0. The SMILES string of the molecule is C=CCN(c1cncc(CNC(C)(C)C)n1)C1CC1. The first-order valence-corrected chi connectivity index (χ1v) is 6.93. The Balaban J connectivity index is 2.07. The van der Waals surface area contributed by atoms with Crippen LogP contribution in [0.3, 0.4) is 0 Å². The number of rotatable bonds is 6. The fourth-order valence-corrected chi connectivity index (χ4v) is 1.93. The van der Waals surface area contributed by atoms with E-state index in [1.807, 2.05) is 18.5 Å². The fourth-order valence-electron chi connectivity index (χ4n) is 1.93. The molecule has 104 valence electrons. The van der Waals surface area contributed by atoms with E-state index >= 15 is 0 Å². The van der Waals surface area contributed by atoms with Crippen LogP contribution < -0.4 is 10.2 Å². The number of nitrogens with zero attached hydrogens (tertiary/aromatic N) is 3. The van der Waals surface area contributed by atoms with Crippen molar-refractivity contribution in [1.29, 1.82) is 0 Å². The Bertz CT molecular complexity index is 432. The quantitative estimate of drug-likeness (QED) is 0.798. The van der Waals surface area contributed by atoms with Crippen molar-refractivity contribution in [1.82, 2.24) is 15.3 Å². The third-order valence-electron chi connectivity index (χ3n) is 3.08. The van der Waals surface area contributed by atoms with Gasteiger partial charge in [-0.1, -0.05) is 6.08 Å². The van der Waals surface area contributed by atoms with Crippen LogP contribution in [0.15, 0.2) is 25.0 Å². The highest BCUT2D eigenvalue weighted by Gasteiger charge is 2.29. The molecular weight excluding hydrogens is 236 g/mol. The van der Waals surface area contributed by atoms with Crippen LogP contribution in [0, 0.1) is 0 Å². The molecule has 4 nitrogen and oxygen atoms in total. The molecule has 2 rings (SSSR count). The molecular formula is C15H24N4. The highest BCUT2D eigenvalue weighted by atomic mass is 15.2. The van der Waals surface area contributed by atoms with Gasteiger partial charge in [-0.3, -0.25) is 4.98 Å². The van der Waals surface area contributed by atoms with Gasteiger partial charge in [-0.2, -0.15) is 0 Å². The largest absolute Gasteiger partial charge is 0.349 e. The predicted molar refractivity (Wildman–Crippen MR) is 79.2 cm³/mol. The maximum atomic E-state index is 4.71. The van der Waals surface area contributed by atoms with E-state index in [2.05, 4.69) is 42.6 Å². The molecule has 0 amide bonds. The van der Waals surface area contributed by atoms with Crippen molar-refractivity contribution >= 4 is 5.82 Å². The van der Waals surface area contributed by atoms with Gasteiger partial charge in [0.05, 0.1) is 11.9 Å². The zero-order chi connectivity index (χ0) is 13.9. The van der Waals surface area contributed by atoms with Crippen molar-refractivity contribution in [2.75, 3.05) is 11.4 Å². The molecule has 0 aliphatic heterocycles. The zero-order valence-electron chi connectivity index (χ0n) is 12.2. The molecule has 0 atom stereocenters. The molecule has 1 N–H and O–H groups in total. The molecule has 0 radical (unpaired) electrons. The topological polar surface area (TPSA) is 41.1 Å². The van der Waals surface area contributed by atoms with Gasteiger partial charge in [0.1, 0.15) is 5.82 Å². The van der Waals surface area contributed by atoms with Gasteiger partial charge in [0.25, 0.3) is 0 Å². The van der Waals surface area contributed by atoms with E-state index in [1.54, 1.807) is 0 Å². The first-order valence-electron chi connectivity index (χ1n) is 6.93. The van der Waals surface area contributed by atoms with Crippen LogP contribution in [-0.4, -0.2) is 28.1 Å². The van der Waals surface area contributed by atoms with E-state index in [0.29, 0.717) is 6.04 Å². The minimum atomic E-state index is 0.0922. The van der Waals surface area contributed by atoms with Gasteiger partial charge in [-0.05, 0) is 33.6 Å². The Morgan fingerprint density at radius 3 is 2.74 bits per heavy atom. The van der Waals surface area contributed by atoms with Crippen LogP contribution in [0.1, 0.15) is 39.3 Å². The highest BCUT2D eigenvalue weighted by Crippen LogP contribution is 2.30. The normalized spacial score (nSPS) is 15.3.